The van der Waals surface area contributed by atoms with Gasteiger partial charge in [-0.2, -0.15) is 0 Å². The van der Waals surface area contributed by atoms with Crippen molar-refractivity contribution in [2.75, 3.05) is 11.9 Å². The van der Waals surface area contributed by atoms with Gasteiger partial charge in [-0.3, -0.25) is 9.78 Å². The molecule has 29 heavy (non-hydrogen) atoms. The number of anilines is 1. The van der Waals surface area contributed by atoms with Crippen molar-refractivity contribution >= 4 is 28.9 Å². The third-order valence-electron chi connectivity index (χ3n) is 4.91. The number of carbonyl (C=O) groups excluding carboxylic acids is 1. The highest BCUT2D eigenvalue weighted by Crippen LogP contribution is 2.38. The van der Waals surface area contributed by atoms with E-state index in [1.165, 1.54) is 0 Å². The van der Waals surface area contributed by atoms with Crippen molar-refractivity contribution in [1.82, 2.24) is 15.2 Å². The first-order chi connectivity index (χ1) is 14.1. The normalized spacial score (nSPS) is 18.5. The molecule has 1 aliphatic rings. The van der Waals surface area contributed by atoms with Gasteiger partial charge in [0.2, 0.25) is 5.91 Å². The van der Waals surface area contributed by atoms with Crippen molar-refractivity contribution in [2.45, 2.75) is 25.4 Å². The minimum absolute atomic E-state index is 0.0575. The Bertz CT molecular complexity index is 991. The Morgan fingerprint density at radius 2 is 2.14 bits per heavy atom. The van der Waals surface area contributed by atoms with Gasteiger partial charge in [0.1, 0.15) is 11.8 Å². The van der Waals surface area contributed by atoms with Gasteiger partial charge in [0.05, 0.1) is 18.0 Å². The second-order valence-electron chi connectivity index (χ2n) is 7.00. The van der Waals surface area contributed by atoms with Gasteiger partial charge in [-0.1, -0.05) is 18.2 Å². The standard InChI is InChI=1S/C22H22N4O2S/c1-15-6-4-7-16(14-15)24-19(27)10-12-26-21(18-9-5-13-28-18)20(25-22(26)29)17-8-2-3-11-23-17/h2-9,11,13-14,20-21H,10,12H2,1H3,(H,24,27)(H,25,29)/t20-,21-/m1/s1. The Morgan fingerprint density at radius 1 is 1.24 bits per heavy atom. The molecular formula is C22H22N4O2S. The fourth-order valence-corrected chi connectivity index (χ4v) is 3.91. The van der Waals surface area contributed by atoms with Gasteiger partial charge in [-0.15, -0.1) is 0 Å². The SMILES string of the molecule is Cc1cccc(NC(=O)CCN2C(=S)N[C@H](c3ccccn3)[C@H]2c2ccco2)c1. The summed E-state index contributed by atoms with van der Waals surface area (Å²) in [7, 11) is 0. The fourth-order valence-electron chi connectivity index (χ4n) is 3.58. The van der Waals surface area contributed by atoms with E-state index in [1.807, 2.05) is 66.4 Å². The molecule has 3 aromatic rings. The van der Waals surface area contributed by atoms with Crippen LogP contribution in [0.1, 0.15) is 35.5 Å². The number of rotatable bonds is 6. The van der Waals surface area contributed by atoms with Gasteiger partial charge in [0.25, 0.3) is 0 Å². The molecule has 2 aromatic heterocycles. The molecule has 1 amide bonds. The van der Waals surface area contributed by atoms with Crippen LogP contribution in [0.25, 0.3) is 0 Å². The lowest BCUT2D eigenvalue weighted by Gasteiger charge is -2.25. The summed E-state index contributed by atoms with van der Waals surface area (Å²) < 4.78 is 5.69. The zero-order valence-corrected chi connectivity index (χ0v) is 16.9. The highest BCUT2D eigenvalue weighted by atomic mass is 32.1. The number of thiocarbonyl (C=S) groups is 1. The average molecular weight is 407 g/mol. The van der Waals surface area contributed by atoms with Crippen LogP contribution in [0.15, 0.2) is 71.5 Å². The van der Waals surface area contributed by atoms with Crippen LogP contribution >= 0.6 is 12.2 Å². The number of hydrogen-bond donors (Lipinski definition) is 2. The quantitative estimate of drug-likeness (QED) is 0.604. The van der Waals surface area contributed by atoms with E-state index < -0.39 is 0 Å². The van der Waals surface area contributed by atoms with Crippen molar-refractivity contribution in [3.05, 3.63) is 84.1 Å². The molecule has 0 radical (unpaired) electrons. The summed E-state index contributed by atoms with van der Waals surface area (Å²) in [4.78, 5) is 19.0. The molecule has 1 fully saturated rings. The van der Waals surface area contributed by atoms with Gasteiger partial charge in [-0.25, -0.2) is 0 Å². The summed E-state index contributed by atoms with van der Waals surface area (Å²) in [5.74, 6) is 0.727. The Balaban J connectivity index is 1.49. The Kier molecular flexibility index (Phi) is 5.57. The molecule has 0 saturated carbocycles. The number of furan rings is 1. The van der Waals surface area contributed by atoms with E-state index in [9.17, 15) is 4.79 Å². The third-order valence-corrected chi connectivity index (χ3v) is 5.27. The molecule has 0 bridgehead atoms. The summed E-state index contributed by atoms with van der Waals surface area (Å²) in [5, 5.41) is 6.88. The molecule has 1 aromatic carbocycles. The molecular weight excluding hydrogens is 384 g/mol. The topological polar surface area (TPSA) is 70.4 Å². The highest BCUT2D eigenvalue weighted by molar-refractivity contribution is 7.80. The van der Waals surface area contributed by atoms with Gasteiger partial charge in [0.15, 0.2) is 5.11 Å². The predicted molar refractivity (Wildman–Crippen MR) is 115 cm³/mol. The smallest absolute Gasteiger partial charge is 0.226 e. The lowest BCUT2D eigenvalue weighted by molar-refractivity contribution is -0.116. The number of aryl methyl sites for hydroxylation is 1. The van der Waals surface area contributed by atoms with Crippen molar-refractivity contribution in [1.29, 1.82) is 0 Å². The van der Waals surface area contributed by atoms with Crippen molar-refractivity contribution in [3.63, 3.8) is 0 Å². The zero-order chi connectivity index (χ0) is 20.2. The van der Waals surface area contributed by atoms with Crippen LogP contribution in [0.2, 0.25) is 0 Å². The number of carbonyl (C=O) groups is 1. The van der Waals surface area contributed by atoms with Crippen molar-refractivity contribution in [3.8, 4) is 0 Å². The van der Waals surface area contributed by atoms with Crippen LogP contribution in [0.3, 0.4) is 0 Å². The summed E-state index contributed by atoms with van der Waals surface area (Å²) in [6, 6.07) is 17.0. The minimum Gasteiger partial charge on any atom is -0.467 e. The molecule has 148 valence electrons. The first-order valence-electron chi connectivity index (χ1n) is 9.50. The number of amides is 1. The minimum atomic E-state index is -0.167. The molecule has 2 atom stereocenters. The maximum absolute atomic E-state index is 12.5. The molecule has 3 heterocycles. The van der Waals surface area contributed by atoms with Crippen molar-refractivity contribution in [2.24, 2.45) is 0 Å². The van der Waals surface area contributed by atoms with Crippen LogP contribution in [0, 0.1) is 6.92 Å². The Hall–Kier alpha value is -3.19. The number of nitrogens with zero attached hydrogens (tertiary/aromatic N) is 2. The number of nitrogens with one attached hydrogen (secondary N) is 2. The number of hydrogen-bond acceptors (Lipinski definition) is 4. The Morgan fingerprint density at radius 3 is 2.86 bits per heavy atom. The highest BCUT2D eigenvalue weighted by Gasteiger charge is 2.41. The summed E-state index contributed by atoms with van der Waals surface area (Å²) in [5.41, 5.74) is 2.78. The van der Waals surface area contributed by atoms with Crippen LogP contribution < -0.4 is 10.6 Å². The maximum Gasteiger partial charge on any atom is 0.226 e. The van der Waals surface area contributed by atoms with Crippen LogP contribution in [-0.2, 0) is 4.79 Å². The number of aromatic nitrogens is 1. The fraction of sp³-hybridized carbons (Fsp3) is 0.227. The molecule has 2 N–H and O–H groups in total. The molecule has 7 heteroatoms. The lowest BCUT2D eigenvalue weighted by Crippen LogP contribution is -2.32. The van der Waals surface area contributed by atoms with Gasteiger partial charge >= 0.3 is 0 Å². The second-order valence-corrected chi connectivity index (χ2v) is 7.39. The zero-order valence-electron chi connectivity index (χ0n) is 16.0. The average Bonchev–Trinajstić information content (AvgIpc) is 3.35. The molecule has 0 aliphatic carbocycles. The van der Waals surface area contributed by atoms with Crippen molar-refractivity contribution < 1.29 is 9.21 Å². The van der Waals surface area contributed by atoms with Crippen LogP contribution in [0.4, 0.5) is 5.69 Å². The second kappa shape index (κ2) is 8.45. The molecule has 0 spiro atoms. The molecule has 1 saturated heterocycles. The number of benzene rings is 1. The first kappa shape index (κ1) is 19.1. The summed E-state index contributed by atoms with van der Waals surface area (Å²) >= 11 is 5.58. The molecule has 0 unspecified atom stereocenters. The largest absolute Gasteiger partial charge is 0.467 e. The third kappa shape index (κ3) is 4.30. The van der Waals surface area contributed by atoms with E-state index in [0.29, 0.717) is 18.1 Å². The van der Waals surface area contributed by atoms with Gasteiger partial charge < -0.3 is 20.0 Å². The number of pyridine rings is 1. The molecule has 6 nitrogen and oxygen atoms in total. The first-order valence-corrected chi connectivity index (χ1v) is 9.90. The molecule has 4 rings (SSSR count). The van der Waals surface area contributed by atoms with E-state index in [2.05, 4.69) is 15.6 Å². The van der Waals surface area contributed by atoms with E-state index in [0.717, 1.165) is 22.7 Å². The molecule has 1 aliphatic heterocycles. The summed E-state index contributed by atoms with van der Waals surface area (Å²) in [6.45, 7) is 2.47. The van der Waals surface area contributed by atoms with E-state index in [4.69, 9.17) is 16.6 Å². The van der Waals surface area contributed by atoms with Gasteiger partial charge in [0, 0.05) is 24.8 Å². The summed E-state index contributed by atoms with van der Waals surface area (Å²) in [6.07, 6.45) is 3.72. The predicted octanol–water partition coefficient (Wildman–Crippen LogP) is 3.98. The van der Waals surface area contributed by atoms with E-state index in [1.54, 1.807) is 12.5 Å². The van der Waals surface area contributed by atoms with Gasteiger partial charge in [-0.05, 0) is 61.1 Å². The van der Waals surface area contributed by atoms with E-state index >= 15 is 0 Å². The van der Waals surface area contributed by atoms with Crippen LogP contribution in [0.5, 0.6) is 0 Å². The van der Waals surface area contributed by atoms with E-state index in [-0.39, 0.29) is 18.0 Å². The lowest BCUT2D eigenvalue weighted by atomic mass is 10.0. The Labute approximate surface area is 174 Å². The maximum atomic E-state index is 12.5. The van der Waals surface area contributed by atoms with Crippen LogP contribution in [-0.4, -0.2) is 27.4 Å². The monoisotopic (exact) mass is 406 g/mol.